The van der Waals surface area contributed by atoms with E-state index in [1.807, 2.05) is 6.07 Å². The molecule has 0 aliphatic heterocycles. The Labute approximate surface area is 90.6 Å². The lowest BCUT2D eigenvalue weighted by atomic mass is 10.1. The SMILES string of the molecule is Cc1nc2c(C#N)cc(F)cc2c(=O)n1C. The number of hydrogen-bond acceptors (Lipinski definition) is 3. The second-order valence-corrected chi connectivity index (χ2v) is 3.48. The highest BCUT2D eigenvalue weighted by atomic mass is 19.1. The van der Waals surface area contributed by atoms with Crippen molar-refractivity contribution in [3.63, 3.8) is 0 Å². The van der Waals surface area contributed by atoms with E-state index < -0.39 is 5.82 Å². The van der Waals surface area contributed by atoms with Crippen molar-refractivity contribution in [2.75, 3.05) is 0 Å². The summed E-state index contributed by atoms with van der Waals surface area (Å²) in [4.78, 5) is 15.9. The highest BCUT2D eigenvalue weighted by Gasteiger charge is 2.11. The average Bonchev–Trinajstić information content (AvgIpc) is 2.26. The number of hydrogen-bond donors (Lipinski definition) is 0. The fourth-order valence-corrected chi connectivity index (χ4v) is 1.53. The van der Waals surface area contributed by atoms with E-state index in [1.54, 1.807) is 14.0 Å². The molecule has 0 N–H and O–H groups in total. The maximum absolute atomic E-state index is 13.2. The summed E-state index contributed by atoms with van der Waals surface area (Å²) in [6, 6.07) is 4.01. The van der Waals surface area contributed by atoms with Gasteiger partial charge in [0.1, 0.15) is 17.7 Å². The molecule has 0 radical (unpaired) electrons. The molecule has 2 rings (SSSR count). The molecular formula is C11H8FN3O. The van der Waals surface area contributed by atoms with Crippen LogP contribution in [0.2, 0.25) is 0 Å². The van der Waals surface area contributed by atoms with Crippen molar-refractivity contribution in [1.82, 2.24) is 9.55 Å². The number of fused-ring (bicyclic) bond motifs is 1. The second kappa shape index (κ2) is 3.42. The molecule has 0 aliphatic rings. The molecule has 2 aromatic rings. The van der Waals surface area contributed by atoms with Gasteiger partial charge in [0.2, 0.25) is 0 Å². The van der Waals surface area contributed by atoms with Crippen LogP contribution in [0.1, 0.15) is 11.4 Å². The van der Waals surface area contributed by atoms with Crippen LogP contribution in [-0.2, 0) is 7.05 Å². The van der Waals surface area contributed by atoms with Gasteiger partial charge in [0.25, 0.3) is 5.56 Å². The number of aromatic nitrogens is 2. The highest BCUT2D eigenvalue weighted by Crippen LogP contribution is 2.15. The Hall–Kier alpha value is -2.22. The first-order valence-corrected chi connectivity index (χ1v) is 4.61. The summed E-state index contributed by atoms with van der Waals surface area (Å²) in [6.07, 6.45) is 0. The van der Waals surface area contributed by atoms with E-state index in [-0.39, 0.29) is 22.0 Å². The lowest BCUT2D eigenvalue weighted by Crippen LogP contribution is -2.21. The summed E-state index contributed by atoms with van der Waals surface area (Å²) >= 11 is 0. The zero-order valence-corrected chi connectivity index (χ0v) is 8.78. The molecule has 0 saturated carbocycles. The van der Waals surface area contributed by atoms with Gasteiger partial charge in [0, 0.05) is 7.05 Å². The van der Waals surface area contributed by atoms with Gasteiger partial charge in [-0.25, -0.2) is 9.37 Å². The topological polar surface area (TPSA) is 58.7 Å². The molecule has 0 atom stereocenters. The molecule has 0 aliphatic carbocycles. The van der Waals surface area contributed by atoms with E-state index in [9.17, 15) is 9.18 Å². The zero-order chi connectivity index (χ0) is 11.9. The molecule has 0 bridgehead atoms. The van der Waals surface area contributed by atoms with Crippen molar-refractivity contribution in [3.8, 4) is 6.07 Å². The van der Waals surface area contributed by atoms with Crippen LogP contribution in [0.4, 0.5) is 4.39 Å². The smallest absolute Gasteiger partial charge is 0.261 e. The summed E-state index contributed by atoms with van der Waals surface area (Å²) in [5, 5.41) is 8.97. The number of nitriles is 1. The van der Waals surface area contributed by atoms with Gasteiger partial charge < -0.3 is 0 Å². The Balaban J connectivity index is 3.08. The van der Waals surface area contributed by atoms with Crippen molar-refractivity contribution in [2.45, 2.75) is 6.92 Å². The van der Waals surface area contributed by atoms with Crippen molar-refractivity contribution in [3.05, 3.63) is 39.7 Å². The van der Waals surface area contributed by atoms with Crippen LogP contribution in [-0.4, -0.2) is 9.55 Å². The van der Waals surface area contributed by atoms with E-state index in [1.165, 1.54) is 4.57 Å². The third-order valence-corrected chi connectivity index (χ3v) is 2.49. The maximum Gasteiger partial charge on any atom is 0.261 e. The van der Waals surface area contributed by atoms with Crippen LogP contribution in [0, 0.1) is 24.1 Å². The lowest BCUT2D eigenvalue weighted by Gasteiger charge is -2.05. The Morgan fingerprint density at radius 1 is 1.50 bits per heavy atom. The summed E-state index contributed by atoms with van der Waals surface area (Å²) in [7, 11) is 1.56. The molecule has 1 heterocycles. The van der Waals surface area contributed by atoms with Crippen LogP contribution in [0.15, 0.2) is 16.9 Å². The predicted molar refractivity (Wildman–Crippen MR) is 56.4 cm³/mol. The van der Waals surface area contributed by atoms with Gasteiger partial charge in [0.05, 0.1) is 16.5 Å². The van der Waals surface area contributed by atoms with E-state index >= 15 is 0 Å². The van der Waals surface area contributed by atoms with Crippen molar-refractivity contribution in [2.24, 2.45) is 7.05 Å². The second-order valence-electron chi connectivity index (χ2n) is 3.48. The summed E-state index contributed by atoms with van der Waals surface area (Å²) in [5.41, 5.74) is -0.0150. The monoisotopic (exact) mass is 217 g/mol. The number of aryl methyl sites for hydroxylation is 1. The Morgan fingerprint density at radius 3 is 2.81 bits per heavy atom. The molecule has 16 heavy (non-hydrogen) atoms. The standard InChI is InChI=1S/C11H8FN3O/c1-6-14-10-7(5-13)3-8(12)4-9(10)11(16)15(6)2/h3-4H,1-2H3. The molecule has 1 aromatic heterocycles. The zero-order valence-electron chi connectivity index (χ0n) is 8.78. The molecule has 1 aromatic carbocycles. The van der Waals surface area contributed by atoms with Crippen LogP contribution in [0.5, 0.6) is 0 Å². The normalized spacial score (nSPS) is 10.4. The fraction of sp³-hybridized carbons (Fsp3) is 0.182. The minimum absolute atomic E-state index is 0.0794. The van der Waals surface area contributed by atoms with Crippen molar-refractivity contribution < 1.29 is 4.39 Å². The summed E-state index contributed by atoms with van der Waals surface area (Å²) in [6.45, 7) is 1.66. The largest absolute Gasteiger partial charge is 0.299 e. The third kappa shape index (κ3) is 1.36. The first-order valence-electron chi connectivity index (χ1n) is 4.61. The molecule has 0 fully saturated rings. The molecule has 0 spiro atoms. The van der Waals surface area contributed by atoms with E-state index in [0.717, 1.165) is 12.1 Å². The number of halogens is 1. The Morgan fingerprint density at radius 2 is 2.19 bits per heavy atom. The first kappa shape index (κ1) is 10.3. The molecule has 0 amide bonds. The van der Waals surface area contributed by atoms with Gasteiger partial charge in [-0.1, -0.05) is 0 Å². The van der Waals surface area contributed by atoms with Gasteiger partial charge in [0.15, 0.2) is 0 Å². The van der Waals surface area contributed by atoms with E-state index in [2.05, 4.69) is 4.98 Å². The van der Waals surface area contributed by atoms with Gasteiger partial charge >= 0.3 is 0 Å². The quantitative estimate of drug-likeness (QED) is 0.667. The first-order chi connectivity index (χ1) is 7.54. The average molecular weight is 217 g/mol. The van der Waals surface area contributed by atoms with Crippen molar-refractivity contribution >= 4 is 10.9 Å². The molecule has 0 unspecified atom stereocenters. The van der Waals surface area contributed by atoms with Gasteiger partial charge in [-0.3, -0.25) is 9.36 Å². The van der Waals surface area contributed by atoms with Crippen LogP contribution in [0.25, 0.3) is 10.9 Å². The van der Waals surface area contributed by atoms with Crippen LogP contribution >= 0.6 is 0 Å². The van der Waals surface area contributed by atoms with Crippen LogP contribution < -0.4 is 5.56 Å². The van der Waals surface area contributed by atoms with Gasteiger partial charge in [-0.2, -0.15) is 5.26 Å². The Bertz CT molecular complexity index is 682. The summed E-state index contributed by atoms with van der Waals surface area (Å²) in [5.74, 6) is -0.118. The summed E-state index contributed by atoms with van der Waals surface area (Å²) < 4.78 is 14.5. The predicted octanol–water partition coefficient (Wildman–Crippen LogP) is 1.25. The molecule has 5 heteroatoms. The van der Waals surface area contributed by atoms with E-state index in [0.29, 0.717) is 5.82 Å². The third-order valence-electron chi connectivity index (χ3n) is 2.49. The van der Waals surface area contributed by atoms with Crippen molar-refractivity contribution in [1.29, 1.82) is 5.26 Å². The Kier molecular flexibility index (Phi) is 2.20. The highest BCUT2D eigenvalue weighted by molar-refractivity contribution is 5.83. The minimum atomic E-state index is -0.605. The minimum Gasteiger partial charge on any atom is -0.299 e. The lowest BCUT2D eigenvalue weighted by molar-refractivity contribution is 0.628. The molecule has 80 valence electrons. The van der Waals surface area contributed by atoms with E-state index in [4.69, 9.17) is 5.26 Å². The maximum atomic E-state index is 13.2. The molecule has 0 saturated heterocycles. The van der Waals surface area contributed by atoms with Gasteiger partial charge in [-0.15, -0.1) is 0 Å². The van der Waals surface area contributed by atoms with Gasteiger partial charge in [-0.05, 0) is 19.1 Å². The molecular weight excluding hydrogens is 209 g/mol. The fourth-order valence-electron chi connectivity index (χ4n) is 1.53. The number of rotatable bonds is 0. The number of benzene rings is 1. The number of nitrogens with zero attached hydrogens (tertiary/aromatic N) is 3. The molecule has 4 nitrogen and oxygen atoms in total. The van der Waals surface area contributed by atoms with Crippen LogP contribution in [0.3, 0.4) is 0 Å².